The highest BCUT2D eigenvalue weighted by Gasteiger charge is 2.29. The normalized spacial score (nSPS) is 12.7. The summed E-state index contributed by atoms with van der Waals surface area (Å²) in [7, 11) is 0. The highest BCUT2D eigenvalue weighted by molar-refractivity contribution is 9.10. The van der Waals surface area contributed by atoms with Crippen molar-refractivity contribution in [1.29, 1.82) is 0 Å². The minimum absolute atomic E-state index is 0.289. The number of hydrogen-bond donors (Lipinski definition) is 1. The maximum atomic E-state index is 9.88. The molecule has 1 aliphatic carbocycles. The van der Waals surface area contributed by atoms with E-state index in [0.717, 1.165) is 23.0 Å². The van der Waals surface area contributed by atoms with Crippen molar-refractivity contribution in [1.82, 2.24) is 4.57 Å². The van der Waals surface area contributed by atoms with E-state index in [1.807, 2.05) is 12.1 Å². The SMILES string of the molecule is Cc1c2c(c(-c3ccccc3C(C)C)n1-c1ccc(O)cc1)-c1ccc(Br)cc1CC2. The van der Waals surface area contributed by atoms with Crippen LogP contribution in [0.4, 0.5) is 0 Å². The smallest absolute Gasteiger partial charge is 0.115 e. The predicted molar refractivity (Wildman–Crippen MR) is 132 cm³/mol. The Morgan fingerprint density at radius 2 is 1.65 bits per heavy atom. The Morgan fingerprint density at radius 3 is 2.39 bits per heavy atom. The van der Waals surface area contributed by atoms with Crippen LogP contribution in [-0.2, 0) is 12.8 Å². The lowest BCUT2D eigenvalue weighted by molar-refractivity contribution is 0.475. The summed E-state index contributed by atoms with van der Waals surface area (Å²) in [5.41, 5.74) is 11.8. The van der Waals surface area contributed by atoms with Gasteiger partial charge in [0.15, 0.2) is 0 Å². The number of phenols is 1. The van der Waals surface area contributed by atoms with Crippen molar-refractivity contribution in [3.8, 4) is 33.8 Å². The number of benzene rings is 3. The molecule has 1 heterocycles. The van der Waals surface area contributed by atoms with Gasteiger partial charge in [-0.1, -0.05) is 60.1 Å². The first-order valence-electron chi connectivity index (χ1n) is 10.9. The zero-order chi connectivity index (χ0) is 21.7. The van der Waals surface area contributed by atoms with Crippen molar-refractivity contribution >= 4 is 15.9 Å². The fourth-order valence-electron chi connectivity index (χ4n) is 5.00. The molecule has 1 aliphatic rings. The van der Waals surface area contributed by atoms with Crippen LogP contribution in [-0.4, -0.2) is 9.67 Å². The van der Waals surface area contributed by atoms with Gasteiger partial charge in [-0.2, -0.15) is 0 Å². The number of fused-ring (bicyclic) bond motifs is 3. The first kappa shape index (κ1) is 20.1. The van der Waals surface area contributed by atoms with Gasteiger partial charge in [-0.15, -0.1) is 0 Å². The highest BCUT2D eigenvalue weighted by Crippen LogP contribution is 2.47. The second-order valence-corrected chi connectivity index (χ2v) is 9.60. The number of rotatable bonds is 3. The Balaban J connectivity index is 1.90. The molecule has 3 heteroatoms. The van der Waals surface area contributed by atoms with Gasteiger partial charge in [0.2, 0.25) is 0 Å². The van der Waals surface area contributed by atoms with Crippen molar-refractivity contribution in [3.05, 3.63) is 93.6 Å². The van der Waals surface area contributed by atoms with E-state index in [1.54, 1.807) is 12.1 Å². The molecule has 4 aromatic rings. The summed E-state index contributed by atoms with van der Waals surface area (Å²) in [5, 5.41) is 9.88. The summed E-state index contributed by atoms with van der Waals surface area (Å²) in [4.78, 5) is 0. The largest absolute Gasteiger partial charge is 0.508 e. The minimum atomic E-state index is 0.289. The topological polar surface area (TPSA) is 25.2 Å². The first-order valence-corrected chi connectivity index (χ1v) is 11.7. The number of hydrogen-bond acceptors (Lipinski definition) is 1. The number of aromatic hydroxyl groups is 1. The van der Waals surface area contributed by atoms with Crippen molar-refractivity contribution < 1.29 is 5.11 Å². The van der Waals surface area contributed by atoms with E-state index in [-0.39, 0.29) is 5.75 Å². The van der Waals surface area contributed by atoms with Crippen LogP contribution in [0.3, 0.4) is 0 Å². The first-order chi connectivity index (χ1) is 15.0. The van der Waals surface area contributed by atoms with Gasteiger partial charge in [-0.3, -0.25) is 0 Å². The van der Waals surface area contributed by atoms with Crippen LogP contribution in [0.5, 0.6) is 5.75 Å². The van der Waals surface area contributed by atoms with Gasteiger partial charge in [0.25, 0.3) is 0 Å². The monoisotopic (exact) mass is 471 g/mol. The van der Waals surface area contributed by atoms with E-state index in [1.165, 1.54) is 44.8 Å². The van der Waals surface area contributed by atoms with Crippen LogP contribution in [0.2, 0.25) is 0 Å². The molecule has 3 aromatic carbocycles. The van der Waals surface area contributed by atoms with Gasteiger partial charge < -0.3 is 9.67 Å². The molecule has 0 bridgehead atoms. The predicted octanol–water partition coefficient (Wildman–Crippen LogP) is 7.81. The molecule has 0 unspecified atom stereocenters. The second-order valence-electron chi connectivity index (χ2n) is 8.68. The summed E-state index contributed by atoms with van der Waals surface area (Å²) in [5.74, 6) is 0.709. The molecule has 0 amide bonds. The van der Waals surface area contributed by atoms with Crippen LogP contribution >= 0.6 is 15.9 Å². The summed E-state index contributed by atoms with van der Waals surface area (Å²) < 4.78 is 3.52. The van der Waals surface area contributed by atoms with E-state index in [9.17, 15) is 5.11 Å². The summed E-state index contributed by atoms with van der Waals surface area (Å²) >= 11 is 3.66. The van der Waals surface area contributed by atoms with Crippen LogP contribution in [0, 0.1) is 6.92 Å². The molecule has 1 aromatic heterocycles. The zero-order valence-electron chi connectivity index (χ0n) is 18.1. The Hall–Kier alpha value is -2.78. The molecule has 2 nitrogen and oxygen atoms in total. The van der Waals surface area contributed by atoms with E-state index < -0.39 is 0 Å². The number of halogens is 1. The maximum Gasteiger partial charge on any atom is 0.115 e. The lowest BCUT2D eigenvalue weighted by Gasteiger charge is -2.21. The molecule has 0 aliphatic heterocycles. The molecule has 31 heavy (non-hydrogen) atoms. The molecule has 0 saturated heterocycles. The number of aryl methyl sites for hydroxylation is 1. The number of phenolic OH excluding ortho intramolecular Hbond substituents is 1. The van der Waals surface area contributed by atoms with Crippen molar-refractivity contribution in [2.75, 3.05) is 0 Å². The molecule has 1 N–H and O–H groups in total. The second kappa shape index (κ2) is 7.72. The van der Waals surface area contributed by atoms with Gasteiger partial charge in [0.1, 0.15) is 5.75 Å². The van der Waals surface area contributed by atoms with E-state index >= 15 is 0 Å². The highest BCUT2D eigenvalue weighted by atomic mass is 79.9. The van der Waals surface area contributed by atoms with Gasteiger partial charge in [-0.25, -0.2) is 0 Å². The molecule has 0 radical (unpaired) electrons. The summed E-state index contributed by atoms with van der Waals surface area (Å²) in [6.45, 7) is 6.76. The third kappa shape index (κ3) is 3.32. The molecule has 0 atom stereocenters. The van der Waals surface area contributed by atoms with E-state index in [4.69, 9.17) is 0 Å². The van der Waals surface area contributed by atoms with Crippen LogP contribution in [0.1, 0.15) is 42.1 Å². The molecule has 0 fully saturated rings. The molecule has 0 spiro atoms. The average Bonchev–Trinajstić information content (AvgIpc) is 3.06. The van der Waals surface area contributed by atoms with Crippen LogP contribution in [0.25, 0.3) is 28.1 Å². The molecule has 156 valence electrons. The fraction of sp³-hybridized carbons (Fsp3) is 0.214. The standard InChI is InChI=1S/C28H26BrNO/c1-17(2)23-6-4-5-7-26(23)28-27-24(14-8-19-16-20(29)9-15-25(19)27)18(3)30(28)21-10-12-22(31)13-11-21/h4-7,9-13,15-17,31H,8,14H2,1-3H3. The number of nitrogens with zero attached hydrogens (tertiary/aromatic N) is 1. The average molecular weight is 472 g/mol. The number of aromatic nitrogens is 1. The van der Waals surface area contributed by atoms with E-state index in [0.29, 0.717) is 5.92 Å². The minimum Gasteiger partial charge on any atom is -0.508 e. The van der Waals surface area contributed by atoms with E-state index in [2.05, 4.69) is 83.7 Å². The Bertz CT molecular complexity index is 1280. The molecule has 0 saturated carbocycles. The van der Waals surface area contributed by atoms with Crippen molar-refractivity contribution in [3.63, 3.8) is 0 Å². The van der Waals surface area contributed by atoms with Crippen molar-refractivity contribution in [2.45, 2.75) is 39.5 Å². The summed E-state index contributed by atoms with van der Waals surface area (Å²) in [6.07, 6.45) is 2.08. The maximum absolute atomic E-state index is 9.88. The molecular formula is C28H26BrNO. The summed E-state index contributed by atoms with van der Waals surface area (Å²) in [6, 6.07) is 23.0. The lowest BCUT2D eigenvalue weighted by atomic mass is 9.83. The van der Waals surface area contributed by atoms with Gasteiger partial charge in [-0.05, 0) is 84.3 Å². The van der Waals surface area contributed by atoms with Crippen molar-refractivity contribution in [2.24, 2.45) is 0 Å². The quantitative estimate of drug-likeness (QED) is 0.323. The van der Waals surface area contributed by atoms with Crippen LogP contribution in [0.15, 0.2) is 71.2 Å². The Kier molecular flexibility index (Phi) is 5.02. The molecular weight excluding hydrogens is 446 g/mol. The van der Waals surface area contributed by atoms with Crippen LogP contribution < -0.4 is 0 Å². The Labute approximate surface area is 192 Å². The third-order valence-electron chi connectivity index (χ3n) is 6.46. The van der Waals surface area contributed by atoms with Gasteiger partial charge in [0, 0.05) is 27.0 Å². The fourth-order valence-corrected chi connectivity index (χ4v) is 5.41. The lowest BCUT2D eigenvalue weighted by Crippen LogP contribution is -2.04. The Morgan fingerprint density at radius 1 is 0.903 bits per heavy atom. The van der Waals surface area contributed by atoms with Gasteiger partial charge in [0.05, 0.1) is 5.69 Å². The third-order valence-corrected chi connectivity index (χ3v) is 6.95. The zero-order valence-corrected chi connectivity index (χ0v) is 19.7. The van der Waals surface area contributed by atoms with Gasteiger partial charge >= 0.3 is 0 Å². The molecule has 5 rings (SSSR count).